The van der Waals surface area contributed by atoms with Gasteiger partial charge in [0.15, 0.2) is 6.10 Å². The molecule has 1 atom stereocenters. The minimum Gasteiger partial charge on any atom is -0.462 e. The zero-order valence-corrected chi connectivity index (χ0v) is 39.8. The number of hydrogen-bond acceptors (Lipinski definition) is 6. The molecule has 0 fully saturated rings. The number of hydrogen-bond donors (Lipinski definition) is 0. The van der Waals surface area contributed by atoms with Crippen LogP contribution in [0.25, 0.3) is 0 Å². The summed E-state index contributed by atoms with van der Waals surface area (Å²) >= 11 is 0. The fourth-order valence-corrected chi connectivity index (χ4v) is 7.79. The number of carbonyl (C=O) groups is 3. The summed E-state index contributed by atoms with van der Waals surface area (Å²) in [6.45, 7) is 6.65. The van der Waals surface area contributed by atoms with E-state index in [4.69, 9.17) is 14.2 Å². The van der Waals surface area contributed by atoms with Gasteiger partial charge >= 0.3 is 17.9 Å². The molecule has 0 spiro atoms. The lowest BCUT2D eigenvalue weighted by Crippen LogP contribution is -2.30. The molecule has 0 N–H and O–H groups in total. The molecule has 348 valence electrons. The summed E-state index contributed by atoms with van der Waals surface area (Å²) in [6.07, 6.45) is 53.4. The van der Waals surface area contributed by atoms with Crippen LogP contribution in [0.4, 0.5) is 0 Å². The van der Waals surface area contributed by atoms with E-state index in [0.29, 0.717) is 19.3 Å². The molecule has 0 amide bonds. The van der Waals surface area contributed by atoms with Gasteiger partial charge in [-0.25, -0.2) is 0 Å². The molecule has 6 heteroatoms. The monoisotopic (exact) mass is 833 g/mol. The van der Waals surface area contributed by atoms with Crippen molar-refractivity contribution in [2.24, 2.45) is 0 Å². The standard InChI is InChI=1S/C53H100O6/c1-4-7-10-13-16-19-22-24-26-27-28-30-31-34-37-40-43-46-52(55)58-49-50(48-57-51(54)45-42-39-36-33-21-18-15-12-9-6-3)59-53(56)47-44-41-38-35-32-29-25-23-20-17-14-11-8-5-2/h23,25,50H,4-22,24,26-49H2,1-3H3/b25-23-. The number of rotatable bonds is 48. The first kappa shape index (κ1) is 57.1. The van der Waals surface area contributed by atoms with Crippen molar-refractivity contribution >= 4 is 17.9 Å². The summed E-state index contributed by atoms with van der Waals surface area (Å²) in [4.78, 5) is 37.9. The second-order valence-electron chi connectivity index (χ2n) is 17.8. The molecule has 0 aromatic rings. The Morgan fingerprint density at radius 3 is 0.847 bits per heavy atom. The Morgan fingerprint density at radius 2 is 0.559 bits per heavy atom. The van der Waals surface area contributed by atoms with Gasteiger partial charge in [-0.1, -0.05) is 238 Å². The number of esters is 3. The SMILES string of the molecule is CCCCCCC/C=C\CCCCCCCC(=O)OC(COC(=O)CCCCCCCCCCCC)COC(=O)CCCCCCCCCCCCCCCCCCC. The van der Waals surface area contributed by atoms with Gasteiger partial charge in [-0.3, -0.25) is 14.4 Å². The van der Waals surface area contributed by atoms with Crippen molar-refractivity contribution in [1.29, 1.82) is 0 Å². The smallest absolute Gasteiger partial charge is 0.306 e. The Bertz CT molecular complexity index is 916. The highest BCUT2D eigenvalue weighted by molar-refractivity contribution is 5.71. The summed E-state index contributed by atoms with van der Waals surface area (Å²) < 4.78 is 16.8. The van der Waals surface area contributed by atoms with Crippen molar-refractivity contribution in [3.8, 4) is 0 Å². The van der Waals surface area contributed by atoms with E-state index in [0.717, 1.165) is 64.2 Å². The third kappa shape index (κ3) is 47.1. The van der Waals surface area contributed by atoms with Crippen molar-refractivity contribution in [2.75, 3.05) is 13.2 Å². The van der Waals surface area contributed by atoms with Gasteiger partial charge < -0.3 is 14.2 Å². The maximum atomic E-state index is 12.8. The summed E-state index contributed by atoms with van der Waals surface area (Å²) in [7, 11) is 0. The van der Waals surface area contributed by atoms with Crippen LogP contribution in [0.15, 0.2) is 12.2 Å². The zero-order chi connectivity index (χ0) is 43.0. The molecule has 0 heterocycles. The first-order chi connectivity index (χ1) is 29.0. The van der Waals surface area contributed by atoms with Crippen molar-refractivity contribution in [3.63, 3.8) is 0 Å². The molecule has 1 unspecified atom stereocenters. The highest BCUT2D eigenvalue weighted by atomic mass is 16.6. The highest BCUT2D eigenvalue weighted by Crippen LogP contribution is 2.16. The van der Waals surface area contributed by atoms with Crippen LogP contribution in [0, 0.1) is 0 Å². The van der Waals surface area contributed by atoms with E-state index in [-0.39, 0.29) is 31.1 Å². The van der Waals surface area contributed by atoms with Gasteiger partial charge in [-0.2, -0.15) is 0 Å². The largest absolute Gasteiger partial charge is 0.462 e. The molecule has 0 saturated carbocycles. The van der Waals surface area contributed by atoms with Crippen LogP contribution >= 0.6 is 0 Å². The van der Waals surface area contributed by atoms with Gasteiger partial charge in [-0.15, -0.1) is 0 Å². The number of unbranched alkanes of at least 4 members (excludes halogenated alkanes) is 35. The zero-order valence-electron chi connectivity index (χ0n) is 39.8. The Kier molecular flexibility index (Phi) is 47.3. The molecular weight excluding hydrogens is 733 g/mol. The predicted molar refractivity (Wildman–Crippen MR) is 252 cm³/mol. The van der Waals surface area contributed by atoms with Gasteiger partial charge in [0.1, 0.15) is 13.2 Å². The molecule has 0 aliphatic heterocycles. The molecule has 0 aromatic carbocycles. The fraction of sp³-hybridized carbons (Fsp3) is 0.906. The minimum atomic E-state index is -0.767. The predicted octanol–water partition coefficient (Wildman–Crippen LogP) is 17.0. The van der Waals surface area contributed by atoms with E-state index in [2.05, 4.69) is 32.9 Å². The van der Waals surface area contributed by atoms with Gasteiger partial charge in [-0.05, 0) is 44.9 Å². The lowest BCUT2D eigenvalue weighted by molar-refractivity contribution is -0.167. The Labute approximate surface area is 367 Å². The van der Waals surface area contributed by atoms with Crippen LogP contribution in [0.2, 0.25) is 0 Å². The topological polar surface area (TPSA) is 78.9 Å². The van der Waals surface area contributed by atoms with Crippen LogP contribution in [-0.4, -0.2) is 37.2 Å². The lowest BCUT2D eigenvalue weighted by atomic mass is 10.0. The lowest BCUT2D eigenvalue weighted by Gasteiger charge is -2.18. The Balaban J connectivity index is 4.29. The van der Waals surface area contributed by atoms with Crippen LogP contribution in [-0.2, 0) is 28.6 Å². The van der Waals surface area contributed by atoms with Gasteiger partial charge in [0, 0.05) is 19.3 Å². The maximum Gasteiger partial charge on any atom is 0.306 e. The minimum absolute atomic E-state index is 0.0681. The van der Waals surface area contributed by atoms with E-state index in [9.17, 15) is 14.4 Å². The first-order valence-electron chi connectivity index (χ1n) is 26.2. The van der Waals surface area contributed by atoms with Crippen LogP contribution in [0.1, 0.15) is 290 Å². The van der Waals surface area contributed by atoms with Crippen LogP contribution in [0.5, 0.6) is 0 Å². The molecule has 0 aliphatic carbocycles. The summed E-state index contributed by atoms with van der Waals surface area (Å²) in [5.41, 5.74) is 0. The average molecular weight is 833 g/mol. The van der Waals surface area contributed by atoms with E-state index in [1.165, 1.54) is 186 Å². The quantitative estimate of drug-likeness (QED) is 0.0263. The first-order valence-corrected chi connectivity index (χ1v) is 26.2. The molecule has 6 nitrogen and oxygen atoms in total. The van der Waals surface area contributed by atoms with E-state index < -0.39 is 6.10 Å². The Morgan fingerprint density at radius 1 is 0.322 bits per heavy atom. The van der Waals surface area contributed by atoms with E-state index >= 15 is 0 Å². The Hall–Kier alpha value is -1.85. The van der Waals surface area contributed by atoms with Gasteiger partial charge in [0.05, 0.1) is 0 Å². The molecule has 0 radical (unpaired) electrons. The van der Waals surface area contributed by atoms with E-state index in [1.807, 2.05) is 0 Å². The summed E-state index contributed by atoms with van der Waals surface area (Å²) in [5, 5.41) is 0. The highest BCUT2D eigenvalue weighted by Gasteiger charge is 2.19. The summed E-state index contributed by atoms with van der Waals surface area (Å²) in [6, 6.07) is 0. The third-order valence-electron chi connectivity index (χ3n) is 11.8. The second kappa shape index (κ2) is 48.8. The fourth-order valence-electron chi connectivity index (χ4n) is 7.79. The number of carbonyl (C=O) groups excluding carboxylic acids is 3. The van der Waals surface area contributed by atoms with Crippen molar-refractivity contribution in [2.45, 2.75) is 297 Å². The number of allylic oxidation sites excluding steroid dienone is 2. The summed E-state index contributed by atoms with van der Waals surface area (Å²) in [5.74, 6) is -0.861. The van der Waals surface area contributed by atoms with Crippen LogP contribution < -0.4 is 0 Å². The number of ether oxygens (including phenoxy) is 3. The molecule has 0 bridgehead atoms. The molecule has 0 saturated heterocycles. The van der Waals surface area contributed by atoms with Gasteiger partial charge in [0.25, 0.3) is 0 Å². The third-order valence-corrected chi connectivity index (χ3v) is 11.8. The molecule has 0 rings (SSSR count). The molecule has 0 aromatic heterocycles. The average Bonchev–Trinajstić information content (AvgIpc) is 3.23. The van der Waals surface area contributed by atoms with Crippen molar-refractivity contribution in [1.82, 2.24) is 0 Å². The second-order valence-corrected chi connectivity index (χ2v) is 17.8. The van der Waals surface area contributed by atoms with E-state index in [1.54, 1.807) is 0 Å². The van der Waals surface area contributed by atoms with Crippen LogP contribution in [0.3, 0.4) is 0 Å². The molecule has 0 aliphatic rings. The molecule has 59 heavy (non-hydrogen) atoms. The maximum absolute atomic E-state index is 12.8. The van der Waals surface area contributed by atoms with Crippen molar-refractivity contribution in [3.05, 3.63) is 12.2 Å². The normalized spacial score (nSPS) is 12.0. The van der Waals surface area contributed by atoms with Crippen molar-refractivity contribution < 1.29 is 28.6 Å². The molecular formula is C53H100O6. The van der Waals surface area contributed by atoms with Gasteiger partial charge in [0.2, 0.25) is 0 Å².